The standard InChI is InChI=1S/C48H46N8O4/c1-46(2,3)24-11-15-28-33(19-24)42-51-37-27-14-10-23(31(45(59)60)22-36(57)58)18-32(27)41(50-37)56-44-35-21-26(48(7,8)9)13-17-30(35)40(55-44)54-43-34-20-25(47(4,5)6)12-16-29(34)39(53-43)49-38(28)52-42/h10-21,31H,22H2,1-9H3,(H,57,58)(H,59,60)(H2,49,50,51,52,53,54,55,56). The molecule has 4 N–H and O–H groups in total. The van der Waals surface area contributed by atoms with Gasteiger partial charge in [-0.1, -0.05) is 111 Å². The van der Waals surface area contributed by atoms with Crippen LogP contribution in [0.5, 0.6) is 0 Å². The average Bonchev–Trinajstić information content (AvgIpc) is 3.90. The van der Waals surface area contributed by atoms with E-state index in [2.05, 4.69) is 121 Å². The Morgan fingerprint density at radius 1 is 0.483 bits per heavy atom. The van der Waals surface area contributed by atoms with Crippen LogP contribution in [-0.2, 0) is 25.8 Å². The van der Waals surface area contributed by atoms with E-state index < -0.39 is 24.3 Å². The first kappa shape index (κ1) is 38.7. The second-order valence-corrected chi connectivity index (χ2v) is 18.9. The molecule has 0 saturated heterocycles. The molecule has 0 fully saturated rings. The maximum absolute atomic E-state index is 12.4. The largest absolute Gasteiger partial charge is 0.481 e. The first-order valence-electron chi connectivity index (χ1n) is 20.1. The number of carbonyl (C=O) groups is 2. The van der Waals surface area contributed by atoms with Crippen LogP contribution >= 0.6 is 0 Å². The Morgan fingerprint density at radius 3 is 1.30 bits per heavy atom. The quantitative estimate of drug-likeness (QED) is 0.134. The van der Waals surface area contributed by atoms with E-state index in [0.29, 0.717) is 56.8 Å². The van der Waals surface area contributed by atoms with E-state index >= 15 is 0 Å². The van der Waals surface area contributed by atoms with Crippen LogP contribution in [0.25, 0.3) is 89.7 Å². The predicted molar refractivity (Wildman–Crippen MR) is 235 cm³/mol. The highest BCUT2D eigenvalue weighted by atomic mass is 16.4. The van der Waals surface area contributed by atoms with Crippen molar-refractivity contribution in [3.63, 3.8) is 0 Å². The Hall–Kier alpha value is -6.82. The molecule has 8 bridgehead atoms. The number of hydrogen-bond acceptors (Lipinski definition) is 8. The van der Waals surface area contributed by atoms with Crippen molar-refractivity contribution in [3.8, 4) is 45.6 Å². The van der Waals surface area contributed by atoms with E-state index in [0.717, 1.165) is 49.4 Å². The number of nitrogens with one attached hydrogen (secondary N) is 2. The lowest BCUT2D eigenvalue weighted by Crippen LogP contribution is -2.16. The number of hydrogen-bond donors (Lipinski definition) is 4. The zero-order chi connectivity index (χ0) is 42.6. The van der Waals surface area contributed by atoms with Gasteiger partial charge in [-0.3, -0.25) is 9.59 Å². The van der Waals surface area contributed by atoms with Gasteiger partial charge in [-0.2, -0.15) is 0 Å². The molecule has 0 aliphatic carbocycles. The second kappa shape index (κ2) is 13.4. The van der Waals surface area contributed by atoms with Gasteiger partial charge in [0.2, 0.25) is 0 Å². The van der Waals surface area contributed by atoms with Crippen molar-refractivity contribution in [2.24, 2.45) is 0 Å². The molecule has 12 heteroatoms. The van der Waals surface area contributed by atoms with Crippen LogP contribution in [0, 0.1) is 0 Å². The predicted octanol–water partition coefficient (Wildman–Crippen LogP) is 10.4. The van der Waals surface area contributed by atoms with Crippen molar-refractivity contribution >= 4 is 56.1 Å². The molecule has 3 aromatic heterocycles. The van der Waals surface area contributed by atoms with Crippen LogP contribution in [0.15, 0.2) is 72.8 Å². The summed E-state index contributed by atoms with van der Waals surface area (Å²) in [6.07, 6.45) is -0.583. The van der Waals surface area contributed by atoms with Gasteiger partial charge in [0.25, 0.3) is 0 Å². The van der Waals surface area contributed by atoms with Crippen LogP contribution in [-0.4, -0.2) is 62.0 Å². The highest BCUT2D eigenvalue weighted by Gasteiger charge is 2.29. The van der Waals surface area contributed by atoms with Crippen molar-refractivity contribution in [2.75, 3.05) is 0 Å². The van der Waals surface area contributed by atoms with E-state index in [1.54, 1.807) is 18.2 Å². The minimum Gasteiger partial charge on any atom is -0.481 e. The number of benzene rings is 4. The van der Waals surface area contributed by atoms with E-state index in [1.807, 2.05) is 6.07 Å². The van der Waals surface area contributed by atoms with Crippen molar-refractivity contribution in [1.29, 1.82) is 0 Å². The first-order chi connectivity index (χ1) is 28.2. The molecule has 0 spiro atoms. The normalized spacial score (nSPS) is 13.3. The van der Waals surface area contributed by atoms with Crippen LogP contribution < -0.4 is 0 Å². The SMILES string of the molecule is CC(C)(C)c1ccc2c(c1)-c1nc-2nc2[nH]c(nc3nc(nc4[nH]c(n1)c1ccc(C(C)(C)C)cc41)-c1cc(C(CC(=O)O)C(=O)O)ccc1-3)c1cc(C(C)(C)C)ccc21. The summed E-state index contributed by atoms with van der Waals surface area (Å²) in [7, 11) is 0. The monoisotopic (exact) mass is 798 g/mol. The Bertz CT molecular complexity index is 3160. The number of fused-ring (bicyclic) bond motifs is 20. The lowest BCUT2D eigenvalue weighted by Gasteiger charge is -2.19. The van der Waals surface area contributed by atoms with Crippen molar-refractivity contribution < 1.29 is 19.8 Å². The fourth-order valence-corrected chi connectivity index (χ4v) is 7.95. The van der Waals surface area contributed by atoms with Gasteiger partial charge in [-0.05, 0) is 62.8 Å². The topological polar surface area (TPSA) is 184 Å². The molecule has 7 aromatic rings. The molecule has 5 heterocycles. The second-order valence-electron chi connectivity index (χ2n) is 18.9. The maximum Gasteiger partial charge on any atom is 0.311 e. The molecular formula is C48H46N8O4. The highest BCUT2D eigenvalue weighted by molar-refractivity contribution is 6.07. The van der Waals surface area contributed by atoms with Gasteiger partial charge in [0, 0.05) is 43.8 Å². The van der Waals surface area contributed by atoms with Crippen LogP contribution in [0.2, 0.25) is 0 Å². The molecule has 1 unspecified atom stereocenters. The van der Waals surface area contributed by atoms with Gasteiger partial charge in [0.15, 0.2) is 23.3 Å². The lowest BCUT2D eigenvalue weighted by atomic mass is 9.85. The fourth-order valence-electron chi connectivity index (χ4n) is 7.95. The molecule has 0 radical (unpaired) electrons. The molecule has 2 aliphatic rings. The van der Waals surface area contributed by atoms with Gasteiger partial charge >= 0.3 is 11.9 Å². The number of carboxylic acids is 2. The molecule has 9 rings (SSSR count). The zero-order valence-corrected chi connectivity index (χ0v) is 35.1. The third-order valence-electron chi connectivity index (χ3n) is 11.5. The average molecular weight is 799 g/mol. The first-order valence-corrected chi connectivity index (χ1v) is 20.1. The minimum absolute atomic E-state index is 0.132. The number of aromatic amines is 2. The van der Waals surface area contributed by atoms with Crippen molar-refractivity contribution in [3.05, 3.63) is 95.1 Å². The van der Waals surface area contributed by atoms with Crippen molar-refractivity contribution in [1.82, 2.24) is 39.9 Å². The van der Waals surface area contributed by atoms with E-state index in [1.165, 1.54) is 0 Å². The molecule has 12 nitrogen and oxygen atoms in total. The molecule has 0 saturated carbocycles. The van der Waals surface area contributed by atoms with E-state index in [-0.39, 0.29) is 22.1 Å². The highest BCUT2D eigenvalue weighted by Crippen LogP contribution is 2.41. The molecule has 4 aromatic carbocycles. The van der Waals surface area contributed by atoms with Gasteiger partial charge in [0.1, 0.15) is 22.6 Å². The Kier molecular flexibility index (Phi) is 8.61. The molecule has 1 atom stereocenters. The Balaban J connectivity index is 1.45. The molecule has 60 heavy (non-hydrogen) atoms. The zero-order valence-electron chi connectivity index (χ0n) is 35.1. The summed E-state index contributed by atoms with van der Waals surface area (Å²) < 4.78 is 0. The summed E-state index contributed by atoms with van der Waals surface area (Å²) in [5.74, 6) is -2.07. The van der Waals surface area contributed by atoms with Gasteiger partial charge < -0.3 is 20.2 Å². The Labute approximate surface area is 346 Å². The Morgan fingerprint density at radius 2 is 0.867 bits per heavy atom. The summed E-state index contributed by atoms with van der Waals surface area (Å²) in [5.41, 5.74) is 8.22. The number of H-pyrrole nitrogens is 2. The number of aromatic nitrogens is 8. The summed E-state index contributed by atoms with van der Waals surface area (Å²) in [6, 6.07) is 24.0. The molecular weight excluding hydrogens is 753 g/mol. The smallest absolute Gasteiger partial charge is 0.311 e. The van der Waals surface area contributed by atoms with E-state index in [9.17, 15) is 19.8 Å². The number of carboxylic acid groups (broad SMARTS) is 2. The minimum atomic E-state index is -1.29. The van der Waals surface area contributed by atoms with Crippen LogP contribution in [0.3, 0.4) is 0 Å². The molecule has 302 valence electrons. The summed E-state index contributed by atoms with van der Waals surface area (Å²) in [4.78, 5) is 62.1. The van der Waals surface area contributed by atoms with Crippen molar-refractivity contribution in [2.45, 2.75) is 90.9 Å². The van der Waals surface area contributed by atoms with Crippen LogP contribution in [0.4, 0.5) is 0 Å². The van der Waals surface area contributed by atoms with E-state index in [4.69, 9.17) is 29.9 Å². The summed E-state index contributed by atoms with van der Waals surface area (Å²) in [5, 5.41) is 23.1. The number of rotatable bonds is 4. The molecule has 2 aliphatic heterocycles. The number of aliphatic carboxylic acids is 2. The fraction of sp³-hybridized carbons (Fsp3) is 0.292. The summed E-state index contributed by atoms with van der Waals surface area (Å²) >= 11 is 0. The van der Waals surface area contributed by atoms with Crippen LogP contribution in [0.1, 0.15) is 96.9 Å². The summed E-state index contributed by atoms with van der Waals surface area (Å²) in [6.45, 7) is 19.5. The molecule has 0 amide bonds. The van der Waals surface area contributed by atoms with Gasteiger partial charge in [-0.15, -0.1) is 0 Å². The number of nitrogens with zero attached hydrogens (tertiary/aromatic N) is 6. The third-order valence-corrected chi connectivity index (χ3v) is 11.5. The van der Waals surface area contributed by atoms with Gasteiger partial charge in [0.05, 0.1) is 12.3 Å². The third kappa shape index (κ3) is 6.65. The lowest BCUT2D eigenvalue weighted by molar-refractivity contribution is -0.145. The van der Waals surface area contributed by atoms with Gasteiger partial charge in [-0.25, -0.2) is 29.9 Å². The maximum atomic E-state index is 12.4.